The number of fused-ring (bicyclic) bond motifs is 1. The molecule has 3 heterocycles. The summed E-state index contributed by atoms with van der Waals surface area (Å²) in [5, 5.41) is 20.2. The van der Waals surface area contributed by atoms with Crippen molar-refractivity contribution in [2.75, 3.05) is 7.11 Å². The fraction of sp³-hybridized carbons (Fsp3) is 0.351. The van der Waals surface area contributed by atoms with Gasteiger partial charge in [0.15, 0.2) is 0 Å². The van der Waals surface area contributed by atoms with Crippen molar-refractivity contribution in [2.24, 2.45) is 5.41 Å². The molecule has 8 nitrogen and oxygen atoms in total. The van der Waals surface area contributed by atoms with Gasteiger partial charge in [0, 0.05) is 50.0 Å². The summed E-state index contributed by atoms with van der Waals surface area (Å²) in [4.78, 5) is 22.3. The number of thioether (sulfide) groups is 1. The summed E-state index contributed by atoms with van der Waals surface area (Å²) in [5.41, 5.74) is 4.50. The Balaban J connectivity index is 1.57. The number of pyridine rings is 1. The number of hydrogen-bond acceptors (Lipinski definition) is 7. The number of benzene rings is 2. The van der Waals surface area contributed by atoms with E-state index in [9.17, 15) is 9.90 Å². The maximum absolute atomic E-state index is 13.2. The number of aromatic amines is 1. The van der Waals surface area contributed by atoms with Crippen molar-refractivity contribution in [1.82, 2.24) is 20.2 Å². The van der Waals surface area contributed by atoms with Crippen LogP contribution in [0.3, 0.4) is 0 Å². The average molecular weight is 639 g/mol. The van der Waals surface area contributed by atoms with Crippen LogP contribution in [0.25, 0.3) is 22.2 Å². The summed E-state index contributed by atoms with van der Waals surface area (Å²) in [6.07, 6.45) is 3.30. The molecule has 0 aliphatic rings. The van der Waals surface area contributed by atoms with Crippen LogP contribution in [-0.4, -0.2) is 43.1 Å². The predicted molar refractivity (Wildman–Crippen MR) is 184 cm³/mol. The SMILES string of the molecule is CCC(CC)(C(=O)O)C(Cc1ccc(-c2ccc(OC)nn2)cc1)c1[nH]c2ccc(OCc3ccccn3)cc2c1SC(C)(C)C. The lowest BCUT2D eigenvalue weighted by molar-refractivity contribution is -0.151. The molecule has 3 aromatic heterocycles. The number of rotatable bonds is 13. The highest BCUT2D eigenvalue weighted by Gasteiger charge is 2.45. The van der Waals surface area contributed by atoms with Crippen LogP contribution >= 0.6 is 11.8 Å². The molecule has 240 valence electrons. The van der Waals surface area contributed by atoms with E-state index in [-0.39, 0.29) is 10.7 Å². The van der Waals surface area contributed by atoms with Gasteiger partial charge in [0.05, 0.1) is 23.9 Å². The minimum atomic E-state index is -0.980. The predicted octanol–water partition coefficient (Wildman–Crippen LogP) is 8.72. The van der Waals surface area contributed by atoms with E-state index in [1.54, 1.807) is 31.1 Å². The number of carboxylic acid groups (broad SMARTS) is 1. The van der Waals surface area contributed by atoms with Crippen molar-refractivity contribution < 1.29 is 19.4 Å². The Labute approximate surface area is 275 Å². The van der Waals surface area contributed by atoms with Crippen molar-refractivity contribution in [3.63, 3.8) is 0 Å². The molecule has 2 aromatic carbocycles. The van der Waals surface area contributed by atoms with Crippen molar-refractivity contribution >= 4 is 28.6 Å². The molecular weight excluding hydrogens is 596 g/mol. The first-order chi connectivity index (χ1) is 22.1. The van der Waals surface area contributed by atoms with Gasteiger partial charge >= 0.3 is 5.97 Å². The van der Waals surface area contributed by atoms with Crippen molar-refractivity contribution in [1.29, 1.82) is 0 Å². The highest BCUT2D eigenvalue weighted by Crippen LogP contribution is 2.50. The Bertz CT molecular complexity index is 1760. The first-order valence-electron chi connectivity index (χ1n) is 15.6. The normalized spacial score (nSPS) is 12.7. The van der Waals surface area contributed by atoms with E-state index in [0.717, 1.165) is 49.8 Å². The molecule has 0 fully saturated rings. The Morgan fingerprint density at radius 3 is 2.33 bits per heavy atom. The number of aliphatic carboxylic acids is 1. The summed E-state index contributed by atoms with van der Waals surface area (Å²) in [7, 11) is 1.56. The number of aromatic nitrogens is 4. The summed E-state index contributed by atoms with van der Waals surface area (Å²) >= 11 is 1.76. The molecule has 0 aliphatic carbocycles. The number of carboxylic acids is 1. The van der Waals surface area contributed by atoms with Gasteiger partial charge in [-0.15, -0.1) is 22.0 Å². The first kappa shape index (κ1) is 33.0. The molecule has 0 saturated carbocycles. The topological polar surface area (TPSA) is 110 Å². The highest BCUT2D eigenvalue weighted by molar-refractivity contribution is 8.00. The van der Waals surface area contributed by atoms with E-state index in [2.05, 4.69) is 59.1 Å². The molecule has 0 spiro atoms. The summed E-state index contributed by atoms with van der Waals surface area (Å²) in [6, 6.07) is 23.7. The minimum absolute atomic E-state index is 0.120. The minimum Gasteiger partial charge on any atom is -0.487 e. The van der Waals surface area contributed by atoms with E-state index >= 15 is 0 Å². The molecule has 0 radical (unpaired) electrons. The zero-order valence-electron chi connectivity index (χ0n) is 27.3. The maximum atomic E-state index is 13.2. The van der Waals surface area contributed by atoms with Crippen molar-refractivity contribution in [2.45, 2.75) is 76.0 Å². The number of nitrogens with zero attached hydrogens (tertiary/aromatic N) is 3. The van der Waals surface area contributed by atoms with Gasteiger partial charge in [-0.3, -0.25) is 9.78 Å². The van der Waals surface area contributed by atoms with Gasteiger partial charge in [0.25, 0.3) is 0 Å². The molecule has 0 amide bonds. The largest absolute Gasteiger partial charge is 0.487 e. The van der Waals surface area contributed by atoms with Crippen LogP contribution in [0.2, 0.25) is 0 Å². The van der Waals surface area contributed by atoms with Crippen LogP contribution in [0.15, 0.2) is 83.9 Å². The lowest BCUT2D eigenvalue weighted by atomic mass is 9.67. The number of hydrogen-bond donors (Lipinski definition) is 2. The van der Waals surface area contributed by atoms with Crippen LogP contribution in [0.1, 0.15) is 70.3 Å². The average Bonchev–Trinajstić information content (AvgIpc) is 3.40. The second kappa shape index (κ2) is 14.0. The van der Waals surface area contributed by atoms with Gasteiger partial charge < -0.3 is 19.6 Å². The van der Waals surface area contributed by atoms with Crippen LogP contribution in [0.5, 0.6) is 11.6 Å². The monoisotopic (exact) mass is 638 g/mol. The molecule has 1 atom stereocenters. The van der Waals surface area contributed by atoms with Gasteiger partial charge in [-0.25, -0.2) is 0 Å². The molecule has 5 rings (SSSR count). The number of H-pyrrole nitrogens is 1. The van der Waals surface area contributed by atoms with Crippen molar-refractivity contribution in [3.05, 3.63) is 95.9 Å². The molecular formula is C37H42N4O4S. The smallest absolute Gasteiger partial charge is 0.310 e. The van der Waals surface area contributed by atoms with Crippen LogP contribution in [0, 0.1) is 5.41 Å². The summed E-state index contributed by atoms with van der Waals surface area (Å²) < 4.78 is 11.2. The molecule has 0 bridgehead atoms. The Morgan fingerprint density at radius 1 is 0.978 bits per heavy atom. The number of carbonyl (C=O) groups is 1. The Kier molecular flexibility index (Phi) is 10.0. The molecule has 9 heteroatoms. The van der Waals surface area contributed by atoms with Gasteiger partial charge in [0.2, 0.25) is 5.88 Å². The quantitative estimate of drug-likeness (QED) is 0.123. The first-order valence-corrected chi connectivity index (χ1v) is 16.5. The lowest BCUT2D eigenvalue weighted by Crippen LogP contribution is -2.38. The maximum Gasteiger partial charge on any atom is 0.310 e. The molecule has 0 aliphatic heterocycles. The van der Waals surface area contributed by atoms with E-state index in [0.29, 0.717) is 31.7 Å². The van der Waals surface area contributed by atoms with Gasteiger partial charge in [-0.05, 0) is 61.2 Å². The van der Waals surface area contributed by atoms with Gasteiger partial charge in [0.1, 0.15) is 12.4 Å². The summed E-state index contributed by atoms with van der Waals surface area (Å²) in [6.45, 7) is 10.9. The van der Waals surface area contributed by atoms with E-state index in [1.165, 1.54) is 0 Å². The highest BCUT2D eigenvalue weighted by atomic mass is 32.2. The third-order valence-electron chi connectivity index (χ3n) is 8.51. The third-order valence-corrected chi connectivity index (χ3v) is 9.77. The molecule has 46 heavy (non-hydrogen) atoms. The number of methoxy groups -OCH3 is 1. The second-order valence-electron chi connectivity index (χ2n) is 12.5. The fourth-order valence-corrected chi connectivity index (χ4v) is 7.15. The molecule has 5 aromatic rings. The standard InChI is InChI=1S/C37H42N4O4S/c1-7-37(8-2,35(42)43)29(21-24-12-14-25(15-13-24)30-18-19-32(44-6)41-40-30)33-34(46-36(3,4)5)28-22-27(16-17-31(28)39-33)45-23-26-11-9-10-20-38-26/h9-20,22,29,39H,7-8,21,23H2,1-6H3,(H,42,43). The lowest BCUT2D eigenvalue weighted by Gasteiger charge is -2.36. The molecule has 0 saturated heterocycles. The number of ether oxygens (including phenoxy) is 2. The molecule has 1 unspecified atom stereocenters. The summed E-state index contributed by atoms with van der Waals surface area (Å²) in [5.74, 6) is 0.101. The Morgan fingerprint density at radius 2 is 1.74 bits per heavy atom. The van der Waals surface area contributed by atoms with Crippen LogP contribution < -0.4 is 9.47 Å². The Hall–Kier alpha value is -4.37. The van der Waals surface area contributed by atoms with E-state index in [4.69, 9.17) is 9.47 Å². The van der Waals surface area contributed by atoms with Gasteiger partial charge in [-0.2, -0.15) is 0 Å². The zero-order valence-corrected chi connectivity index (χ0v) is 28.1. The third kappa shape index (κ3) is 7.20. The van der Waals surface area contributed by atoms with Crippen molar-refractivity contribution in [3.8, 4) is 22.9 Å². The zero-order chi connectivity index (χ0) is 32.9. The van der Waals surface area contributed by atoms with Gasteiger partial charge in [-0.1, -0.05) is 65.0 Å². The van der Waals surface area contributed by atoms with E-state index in [1.807, 2.05) is 62.4 Å². The second-order valence-corrected chi connectivity index (χ2v) is 14.3. The fourth-order valence-electron chi connectivity index (χ4n) is 5.96. The van der Waals surface area contributed by atoms with Crippen LogP contribution in [-0.2, 0) is 17.8 Å². The molecule has 2 N–H and O–H groups in total. The van der Waals surface area contributed by atoms with E-state index < -0.39 is 11.4 Å². The number of nitrogens with one attached hydrogen (secondary N) is 1. The van der Waals surface area contributed by atoms with Crippen LogP contribution in [0.4, 0.5) is 0 Å².